The summed E-state index contributed by atoms with van der Waals surface area (Å²) in [6, 6.07) is 6.61. The summed E-state index contributed by atoms with van der Waals surface area (Å²) in [6.45, 7) is 4.57. The second-order valence-corrected chi connectivity index (χ2v) is 7.73. The molecular weight excluding hydrogens is 359 g/mol. The third kappa shape index (κ3) is 3.79. The predicted octanol–water partition coefficient (Wildman–Crippen LogP) is 3.05. The van der Waals surface area contributed by atoms with E-state index in [9.17, 15) is 9.18 Å². The summed E-state index contributed by atoms with van der Waals surface area (Å²) in [7, 11) is 1.92. The Morgan fingerprint density at radius 1 is 1.29 bits per heavy atom. The van der Waals surface area contributed by atoms with Gasteiger partial charge in [-0.15, -0.1) is 0 Å². The van der Waals surface area contributed by atoms with Crippen molar-refractivity contribution in [2.45, 2.75) is 58.2 Å². The van der Waals surface area contributed by atoms with Crippen LogP contribution in [0.5, 0.6) is 0 Å². The van der Waals surface area contributed by atoms with E-state index in [1.165, 1.54) is 12.1 Å². The lowest BCUT2D eigenvalue weighted by Crippen LogP contribution is -2.40. The van der Waals surface area contributed by atoms with Gasteiger partial charge in [0.05, 0.1) is 11.4 Å². The van der Waals surface area contributed by atoms with Crippen LogP contribution in [0.3, 0.4) is 0 Å². The molecule has 1 aromatic heterocycles. The molecule has 0 saturated heterocycles. The number of carbonyl (C=O) groups is 1. The Labute approximate surface area is 164 Å². The minimum atomic E-state index is -0.576. The normalized spacial score (nSPS) is 18.7. The van der Waals surface area contributed by atoms with Gasteiger partial charge in [-0.3, -0.25) is 9.48 Å². The van der Waals surface area contributed by atoms with Gasteiger partial charge in [0.2, 0.25) is 6.10 Å². The van der Waals surface area contributed by atoms with E-state index < -0.39 is 6.10 Å². The van der Waals surface area contributed by atoms with Crippen molar-refractivity contribution in [2.24, 2.45) is 12.2 Å². The number of hydrogen-bond donors (Lipinski definition) is 0. The Morgan fingerprint density at radius 3 is 2.61 bits per heavy atom. The summed E-state index contributed by atoms with van der Waals surface area (Å²) in [6.07, 6.45) is 2.52. The summed E-state index contributed by atoms with van der Waals surface area (Å²) in [5.74, 6) is -0.273. The van der Waals surface area contributed by atoms with Crippen molar-refractivity contribution in [3.05, 3.63) is 52.6 Å². The van der Waals surface area contributed by atoms with Gasteiger partial charge in [0, 0.05) is 43.7 Å². The number of rotatable bonds is 6. The van der Waals surface area contributed by atoms with Gasteiger partial charge < -0.3 is 9.74 Å². The van der Waals surface area contributed by atoms with E-state index in [0.29, 0.717) is 19.4 Å². The standard InChI is InChI=1S/C21H25FN4O2/c1-13-19(14(2)25(3)23-13)12-26(18-8-9-18)21(27)20-11-17(24-28-20)10-15-4-6-16(22)7-5-15/h4-7,18,20H,8-12H2,1-3H3/t20-/m1/s1. The molecule has 148 valence electrons. The van der Waals surface area contributed by atoms with Crippen LogP contribution in [-0.2, 0) is 29.6 Å². The van der Waals surface area contributed by atoms with Crippen molar-refractivity contribution in [1.29, 1.82) is 0 Å². The maximum atomic E-state index is 13.2. The zero-order chi connectivity index (χ0) is 19.8. The van der Waals surface area contributed by atoms with Crippen LogP contribution in [0.4, 0.5) is 4.39 Å². The van der Waals surface area contributed by atoms with E-state index in [4.69, 9.17) is 4.84 Å². The molecule has 28 heavy (non-hydrogen) atoms. The van der Waals surface area contributed by atoms with Crippen molar-refractivity contribution < 1.29 is 14.0 Å². The van der Waals surface area contributed by atoms with E-state index in [2.05, 4.69) is 10.3 Å². The van der Waals surface area contributed by atoms with E-state index in [1.807, 2.05) is 30.5 Å². The number of oxime groups is 1. The summed E-state index contributed by atoms with van der Waals surface area (Å²) in [5, 5.41) is 8.59. The number of nitrogens with zero attached hydrogens (tertiary/aromatic N) is 4. The Kier molecular flexibility index (Phi) is 4.91. The van der Waals surface area contributed by atoms with Gasteiger partial charge in [-0.25, -0.2) is 4.39 Å². The minimum Gasteiger partial charge on any atom is -0.382 e. The lowest BCUT2D eigenvalue weighted by molar-refractivity contribution is -0.143. The SMILES string of the molecule is Cc1nn(C)c(C)c1CN(C(=O)[C@H]1CC(Cc2ccc(F)cc2)=NO1)C1CC1. The number of halogens is 1. The van der Waals surface area contributed by atoms with E-state index >= 15 is 0 Å². The van der Waals surface area contributed by atoms with Gasteiger partial charge in [-0.05, 0) is 44.4 Å². The van der Waals surface area contributed by atoms with E-state index in [-0.39, 0.29) is 17.8 Å². The molecule has 2 heterocycles. The van der Waals surface area contributed by atoms with Crippen LogP contribution < -0.4 is 0 Å². The van der Waals surface area contributed by atoms with Gasteiger partial charge in [-0.2, -0.15) is 5.10 Å². The maximum absolute atomic E-state index is 13.2. The maximum Gasteiger partial charge on any atom is 0.267 e. The van der Waals surface area contributed by atoms with Gasteiger partial charge in [0.25, 0.3) is 5.91 Å². The average Bonchev–Trinajstić information content (AvgIpc) is 3.35. The summed E-state index contributed by atoms with van der Waals surface area (Å²) in [4.78, 5) is 20.6. The van der Waals surface area contributed by atoms with Crippen molar-refractivity contribution in [2.75, 3.05) is 0 Å². The van der Waals surface area contributed by atoms with Crippen LogP contribution >= 0.6 is 0 Å². The molecule has 1 atom stereocenters. The summed E-state index contributed by atoms with van der Waals surface area (Å²) >= 11 is 0. The molecule has 4 rings (SSSR count). The van der Waals surface area contributed by atoms with E-state index in [0.717, 1.165) is 41.1 Å². The second-order valence-electron chi connectivity index (χ2n) is 7.73. The zero-order valence-corrected chi connectivity index (χ0v) is 16.5. The number of amides is 1. The largest absolute Gasteiger partial charge is 0.382 e. The Bertz CT molecular complexity index is 915. The molecule has 7 heteroatoms. The molecule has 0 unspecified atom stereocenters. The Hall–Kier alpha value is -2.70. The van der Waals surface area contributed by atoms with Crippen molar-refractivity contribution in [3.8, 4) is 0 Å². The third-order valence-corrected chi connectivity index (χ3v) is 5.59. The summed E-state index contributed by atoms with van der Waals surface area (Å²) in [5.41, 5.74) is 4.91. The van der Waals surface area contributed by atoms with Crippen LogP contribution in [0.1, 0.15) is 41.8 Å². The molecule has 1 fully saturated rings. The molecular formula is C21H25FN4O2. The first kappa shape index (κ1) is 18.7. The molecule has 1 amide bonds. The smallest absolute Gasteiger partial charge is 0.267 e. The third-order valence-electron chi connectivity index (χ3n) is 5.59. The fraction of sp³-hybridized carbons (Fsp3) is 0.476. The molecule has 0 bridgehead atoms. The quantitative estimate of drug-likeness (QED) is 0.769. The Balaban J connectivity index is 1.42. The molecule has 0 spiro atoms. The molecule has 6 nitrogen and oxygen atoms in total. The van der Waals surface area contributed by atoms with Crippen molar-refractivity contribution in [1.82, 2.24) is 14.7 Å². The fourth-order valence-corrected chi connectivity index (χ4v) is 3.68. The molecule has 2 aliphatic rings. The van der Waals surface area contributed by atoms with Crippen LogP contribution in [0.25, 0.3) is 0 Å². The van der Waals surface area contributed by atoms with Crippen molar-refractivity contribution in [3.63, 3.8) is 0 Å². The van der Waals surface area contributed by atoms with Gasteiger partial charge in [0.15, 0.2) is 0 Å². The molecule has 1 aliphatic carbocycles. The number of aromatic nitrogens is 2. The van der Waals surface area contributed by atoms with Crippen LogP contribution in [0.2, 0.25) is 0 Å². The zero-order valence-electron chi connectivity index (χ0n) is 16.5. The molecule has 1 aliphatic heterocycles. The van der Waals surface area contributed by atoms with Crippen LogP contribution in [0, 0.1) is 19.7 Å². The van der Waals surface area contributed by atoms with Crippen molar-refractivity contribution >= 4 is 11.6 Å². The highest BCUT2D eigenvalue weighted by Crippen LogP contribution is 2.31. The van der Waals surface area contributed by atoms with E-state index in [1.54, 1.807) is 12.1 Å². The highest BCUT2D eigenvalue weighted by atomic mass is 19.1. The predicted molar refractivity (Wildman–Crippen MR) is 103 cm³/mol. The number of carbonyl (C=O) groups excluding carboxylic acids is 1. The molecule has 1 saturated carbocycles. The average molecular weight is 384 g/mol. The van der Waals surface area contributed by atoms with Crippen LogP contribution in [-0.4, -0.2) is 38.4 Å². The summed E-state index contributed by atoms with van der Waals surface area (Å²) < 4.78 is 14.9. The molecule has 2 aromatic rings. The fourth-order valence-electron chi connectivity index (χ4n) is 3.68. The highest BCUT2D eigenvalue weighted by molar-refractivity contribution is 5.94. The van der Waals surface area contributed by atoms with Gasteiger partial charge in [0.1, 0.15) is 5.82 Å². The molecule has 0 radical (unpaired) electrons. The van der Waals surface area contributed by atoms with Gasteiger partial charge >= 0.3 is 0 Å². The Morgan fingerprint density at radius 2 is 2.00 bits per heavy atom. The number of hydrogen-bond acceptors (Lipinski definition) is 4. The monoisotopic (exact) mass is 384 g/mol. The first-order chi connectivity index (χ1) is 13.4. The number of aryl methyl sites for hydroxylation is 2. The van der Waals surface area contributed by atoms with Gasteiger partial charge in [-0.1, -0.05) is 17.3 Å². The van der Waals surface area contributed by atoms with Crippen LogP contribution in [0.15, 0.2) is 29.4 Å². The lowest BCUT2D eigenvalue weighted by atomic mass is 10.0. The topological polar surface area (TPSA) is 59.7 Å². The highest BCUT2D eigenvalue weighted by Gasteiger charge is 2.39. The molecule has 0 N–H and O–H groups in total. The first-order valence-electron chi connectivity index (χ1n) is 9.68. The lowest BCUT2D eigenvalue weighted by Gasteiger charge is -2.24. The number of benzene rings is 1. The second kappa shape index (κ2) is 7.37. The minimum absolute atomic E-state index is 0.0111. The first-order valence-corrected chi connectivity index (χ1v) is 9.68. The molecule has 1 aromatic carbocycles.